The summed E-state index contributed by atoms with van der Waals surface area (Å²) in [6.07, 6.45) is -1.07. The van der Waals surface area contributed by atoms with E-state index in [0.29, 0.717) is 11.5 Å². The van der Waals surface area contributed by atoms with Crippen molar-refractivity contribution >= 4 is 23.3 Å². The summed E-state index contributed by atoms with van der Waals surface area (Å²) in [5, 5.41) is 13.4. The molecule has 0 bridgehead atoms. The smallest absolute Gasteiger partial charge is 0.338 e. The van der Waals surface area contributed by atoms with Crippen molar-refractivity contribution in [1.29, 1.82) is 0 Å². The number of nitro groups is 1. The van der Waals surface area contributed by atoms with E-state index in [2.05, 4.69) is 5.32 Å². The van der Waals surface area contributed by atoms with Crippen molar-refractivity contribution in [3.05, 3.63) is 63.7 Å². The number of anilines is 1. The predicted molar refractivity (Wildman–Crippen MR) is 104 cm³/mol. The minimum absolute atomic E-state index is 0.130. The summed E-state index contributed by atoms with van der Waals surface area (Å²) < 4.78 is 10.3. The van der Waals surface area contributed by atoms with Crippen LogP contribution < -0.4 is 10.1 Å². The minimum Gasteiger partial charge on any atom is -0.494 e. The molecule has 0 aromatic heterocycles. The summed E-state index contributed by atoms with van der Waals surface area (Å²) >= 11 is 0. The Morgan fingerprint density at radius 3 is 2.25 bits per heavy atom. The Kier molecular flexibility index (Phi) is 6.70. The SMILES string of the molecule is COc1cc([N+](=O)[O-])ccc1NC(=O)[C@@H](C)OC(=O)c1ccc(C(C)C)cc1. The van der Waals surface area contributed by atoms with Crippen LogP contribution in [0.5, 0.6) is 5.75 Å². The second-order valence-corrected chi connectivity index (χ2v) is 6.46. The van der Waals surface area contributed by atoms with E-state index < -0.39 is 22.9 Å². The molecule has 8 nitrogen and oxygen atoms in total. The normalized spacial score (nSPS) is 11.6. The maximum Gasteiger partial charge on any atom is 0.338 e. The molecule has 0 saturated heterocycles. The molecule has 1 atom stereocenters. The number of esters is 1. The van der Waals surface area contributed by atoms with Gasteiger partial charge in [-0.3, -0.25) is 14.9 Å². The Morgan fingerprint density at radius 2 is 1.71 bits per heavy atom. The summed E-state index contributed by atoms with van der Waals surface area (Å²) in [6.45, 7) is 5.53. The third kappa shape index (κ3) is 5.06. The number of non-ortho nitro benzene ring substituents is 1. The first kappa shape index (κ1) is 20.9. The lowest BCUT2D eigenvalue weighted by Crippen LogP contribution is -2.30. The standard InChI is InChI=1S/C20H22N2O6/c1-12(2)14-5-7-15(8-6-14)20(24)28-13(3)19(23)21-17-10-9-16(22(25)26)11-18(17)27-4/h5-13H,1-4H3,(H,21,23)/t13-/m1/s1. The number of rotatable bonds is 7. The third-order valence-electron chi connectivity index (χ3n) is 4.12. The van der Waals surface area contributed by atoms with Gasteiger partial charge < -0.3 is 14.8 Å². The van der Waals surface area contributed by atoms with E-state index in [9.17, 15) is 19.7 Å². The Labute approximate surface area is 162 Å². The average Bonchev–Trinajstić information content (AvgIpc) is 2.67. The van der Waals surface area contributed by atoms with Crippen LogP contribution in [0.2, 0.25) is 0 Å². The van der Waals surface area contributed by atoms with E-state index in [1.807, 2.05) is 26.0 Å². The van der Waals surface area contributed by atoms with Gasteiger partial charge in [0.25, 0.3) is 11.6 Å². The fourth-order valence-corrected chi connectivity index (χ4v) is 2.42. The highest BCUT2D eigenvalue weighted by molar-refractivity contribution is 5.98. The van der Waals surface area contributed by atoms with Gasteiger partial charge in [-0.1, -0.05) is 26.0 Å². The lowest BCUT2D eigenvalue weighted by Gasteiger charge is -2.15. The molecule has 0 saturated carbocycles. The number of carbonyl (C=O) groups excluding carboxylic acids is 2. The number of ether oxygens (including phenoxy) is 2. The van der Waals surface area contributed by atoms with Crippen molar-refractivity contribution < 1.29 is 24.0 Å². The molecule has 2 rings (SSSR count). The third-order valence-corrected chi connectivity index (χ3v) is 4.12. The summed E-state index contributed by atoms with van der Waals surface area (Å²) in [6, 6.07) is 10.8. The molecule has 1 amide bonds. The van der Waals surface area contributed by atoms with Gasteiger partial charge in [-0.05, 0) is 36.6 Å². The maximum atomic E-state index is 12.3. The summed E-state index contributed by atoms with van der Waals surface area (Å²) in [5.74, 6) is -0.732. The molecule has 148 valence electrons. The number of nitrogens with zero attached hydrogens (tertiary/aromatic N) is 1. The number of hydrogen-bond donors (Lipinski definition) is 1. The Hall–Kier alpha value is -3.42. The highest BCUT2D eigenvalue weighted by atomic mass is 16.6. The van der Waals surface area contributed by atoms with Crippen molar-refractivity contribution in [3.8, 4) is 5.75 Å². The molecule has 0 radical (unpaired) electrons. The van der Waals surface area contributed by atoms with Gasteiger partial charge in [0.2, 0.25) is 0 Å². The zero-order valence-corrected chi connectivity index (χ0v) is 16.1. The van der Waals surface area contributed by atoms with Gasteiger partial charge in [-0.25, -0.2) is 4.79 Å². The van der Waals surface area contributed by atoms with Gasteiger partial charge in [0.1, 0.15) is 5.75 Å². The monoisotopic (exact) mass is 386 g/mol. The number of nitro benzene ring substituents is 1. The van der Waals surface area contributed by atoms with Crippen LogP contribution in [0.3, 0.4) is 0 Å². The second kappa shape index (κ2) is 8.98. The average molecular weight is 386 g/mol. The highest BCUT2D eigenvalue weighted by Crippen LogP contribution is 2.29. The van der Waals surface area contributed by atoms with Gasteiger partial charge >= 0.3 is 5.97 Å². The lowest BCUT2D eigenvalue weighted by molar-refractivity contribution is -0.384. The van der Waals surface area contributed by atoms with Gasteiger partial charge in [0.15, 0.2) is 6.10 Å². The van der Waals surface area contributed by atoms with E-state index in [-0.39, 0.29) is 17.1 Å². The first-order chi connectivity index (χ1) is 13.2. The number of benzene rings is 2. The van der Waals surface area contributed by atoms with Gasteiger partial charge in [0.05, 0.1) is 29.4 Å². The molecule has 28 heavy (non-hydrogen) atoms. The molecular formula is C20H22N2O6. The number of carbonyl (C=O) groups is 2. The van der Waals surface area contributed by atoms with Crippen molar-refractivity contribution in [2.24, 2.45) is 0 Å². The van der Waals surface area contributed by atoms with Crippen molar-refractivity contribution in [2.75, 3.05) is 12.4 Å². The number of methoxy groups -OCH3 is 1. The maximum absolute atomic E-state index is 12.3. The first-order valence-electron chi connectivity index (χ1n) is 8.67. The van der Waals surface area contributed by atoms with E-state index in [0.717, 1.165) is 5.56 Å². The van der Waals surface area contributed by atoms with Crippen LogP contribution in [0.4, 0.5) is 11.4 Å². The van der Waals surface area contributed by atoms with Gasteiger partial charge in [-0.2, -0.15) is 0 Å². The van der Waals surface area contributed by atoms with Crippen LogP contribution in [0, 0.1) is 10.1 Å². The van der Waals surface area contributed by atoms with Gasteiger partial charge in [-0.15, -0.1) is 0 Å². The van der Waals surface area contributed by atoms with E-state index in [1.54, 1.807) is 12.1 Å². The fourth-order valence-electron chi connectivity index (χ4n) is 2.42. The number of amides is 1. The zero-order valence-electron chi connectivity index (χ0n) is 16.1. The Balaban J connectivity index is 2.04. The number of nitrogens with one attached hydrogen (secondary N) is 1. The molecule has 0 heterocycles. The van der Waals surface area contributed by atoms with Crippen molar-refractivity contribution in [1.82, 2.24) is 0 Å². The predicted octanol–water partition coefficient (Wildman–Crippen LogP) is 3.91. The Bertz CT molecular complexity index is 877. The van der Waals surface area contributed by atoms with Crippen LogP contribution in [-0.4, -0.2) is 30.0 Å². The number of hydrogen-bond acceptors (Lipinski definition) is 6. The fraction of sp³-hybridized carbons (Fsp3) is 0.300. The molecule has 1 N–H and O–H groups in total. The lowest BCUT2D eigenvalue weighted by atomic mass is 10.0. The van der Waals surface area contributed by atoms with E-state index >= 15 is 0 Å². The van der Waals surface area contributed by atoms with Crippen molar-refractivity contribution in [3.63, 3.8) is 0 Å². The molecule has 0 unspecified atom stereocenters. The molecular weight excluding hydrogens is 364 g/mol. The van der Waals surface area contributed by atoms with E-state index in [4.69, 9.17) is 9.47 Å². The molecule has 8 heteroatoms. The summed E-state index contributed by atoms with van der Waals surface area (Å²) in [4.78, 5) is 34.8. The minimum atomic E-state index is -1.07. The molecule has 0 aliphatic rings. The van der Waals surface area contributed by atoms with E-state index in [1.165, 1.54) is 32.2 Å². The van der Waals surface area contributed by atoms with Crippen molar-refractivity contribution in [2.45, 2.75) is 32.8 Å². The van der Waals surface area contributed by atoms with Crippen LogP contribution in [0.25, 0.3) is 0 Å². The highest BCUT2D eigenvalue weighted by Gasteiger charge is 2.21. The largest absolute Gasteiger partial charge is 0.494 e. The van der Waals surface area contributed by atoms with Gasteiger partial charge in [0, 0.05) is 6.07 Å². The van der Waals surface area contributed by atoms with Crippen LogP contribution in [0.1, 0.15) is 42.6 Å². The van der Waals surface area contributed by atoms with Crippen LogP contribution in [0.15, 0.2) is 42.5 Å². The first-order valence-corrected chi connectivity index (χ1v) is 8.67. The molecule has 2 aromatic carbocycles. The van der Waals surface area contributed by atoms with Crippen LogP contribution in [-0.2, 0) is 9.53 Å². The second-order valence-electron chi connectivity index (χ2n) is 6.46. The molecule has 2 aromatic rings. The molecule has 0 spiro atoms. The molecule has 0 fully saturated rings. The summed E-state index contributed by atoms with van der Waals surface area (Å²) in [5.41, 5.74) is 1.51. The topological polar surface area (TPSA) is 108 Å². The quantitative estimate of drug-likeness (QED) is 0.439. The Morgan fingerprint density at radius 1 is 1.07 bits per heavy atom. The summed E-state index contributed by atoms with van der Waals surface area (Å²) in [7, 11) is 1.33. The molecule has 0 aliphatic heterocycles. The van der Waals surface area contributed by atoms with Crippen LogP contribution >= 0.6 is 0 Å². The molecule has 0 aliphatic carbocycles. The zero-order chi connectivity index (χ0) is 20.8.